The van der Waals surface area contributed by atoms with Gasteiger partial charge in [0.25, 0.3) is 5.91 Å². The van der Waals surface area contributed by atoms with E-state index in [1.165, 1.54) is 12.1 Å². The summed E-state index contributed by atoms with van der Waals surface area (Å²) in [4.78, 5) is 26.0. The summed E-state index contributed by atoms with van der Waals surface area (Å²) in [6.07, 6.45) is 3.24. The Balaban J connectivity index is 2.77. The Labute approximate surface area is 140 Å². The third-order valence-electron chi connectivity index (χ3n) is 2.91. The number of carbonyl (C=O) groups excluding carboxylic acids is 2. The molecule has 118 valence electrons. The van der Waals surface area contributed by atoms with Crippen molar-refractivity contribution in [3.05, 3.63) is 59.1 Å². The molecule has 0 spiro atoms. The van der Waals surface area contributed by atoms with Gasteiger partial charge in [0.15, 0.2) is 0 Å². The molecular formula is C16H18Cl2N2O2. The fraction of sp³-hybridized carbons (Fsp3) is 0.250. The van der Waals surface area contributed by atoms with Crippen LogP contribution >= 0.6 is 23.2 Å². The van der Waals surface area contributed by atoms with Crippen molar-refractivity contribution in [1.29, 1.82) is 0 Å². The Hall–Kier alpha value is -1.78. The Morgan fingerprint density at radius 1 is 1.23 bits per heavy atom. The molecule has 0 bridgehead atoms. The summed E-state index contributed by atoms with van der Waals surface area (Å²) in [6.45, 7) is 9.61. The molecule has 2 amide bonds. The molecule has 0 aromatic heterocycles. The van der Waals surface area contributed by atoms with Crippen LogP contribution in [0.4, 0.5) is 0 Å². The highest BCUT2D eigenvalue weighted by atomic mass is 35.5. The van der Waals surface area contributed by atoms with Gasteiger partial charge in [-0.25, -0.2) is 0 Å². The quantitative estimate of drug-likeness (QED) is 0.774. The van der Waals surface area contributed by atoms with E-state index in [0.717, 1.165) is 0 Å². The summed E-state index contributed by atoms with van der Waals surface area (Å²) >= 11 is 11.7. The Kier molecular flexibility index (Phi) is 7.15. The summed E-state index contributed by atoms with van der Waals surface area (Å²) < 4.78 is 0. The highest BCUT2D eigenvalue weighted by Gasteiger charge is 2.21. The van der Waals surface area contributed by atoms with Crippen molar-refractivity contribution in [2.75, 3.05) is 13.1 Å². The van der Waals surface area contributed by atoms with E-state index in [2.05, 4.69) is 18.5 Å². The maximum Gasteiger partial charge on any atom is 0.251 e. The molecule has 0 aliphatic carbocycles. The summed E-state index contributed by atoms with van der Waals surface area (Å²) in [7, 11) is 0. The van der Waals surface area contributed by atoms with E-state index in [4.69, 9.17) is 23.2 Å². The first kappa shape index (κ1) is 18.3. The molecule has 0 heterocycles. The summed E-state index contributed by atoms with van der Waals surface area (Å²) in [5.74, 6) is -0.607. The molecule has 0 aliphatic heterocycles. The smallest absolute Gasteiger partial charge is 0.251 e. The van der Waals surface area contributed by atoms with E-state index < -0.39 is 11.9 Å². The van der Waals surface area contributed by atoms with Gasteiger partial charge < -0.3 is 10.2 Å². The maximum atomic E-state index is 12.3. The maximum absolute atomic E-state index is 12.3. The predicted octanol–water partition coefficient (Wildman–Crippen LogP) is 3.31. The molecule has 1 aromatic rings. The molecule has 1 atom stereocenters. The van der Waals surface area contributed by atoms with Crippen molar-refractivity contribution in [2.24, 2.45) is 0 Å². The van der Waals surface area contributed by atoms with Crippen LogP contribution in [-0.2, 0) is 4.79 Å². The lowest BCUT2D eigenvalue weighted by atomic mass is 10.2. The van der Waals surface area contributed by atoms with Crippen LogP contribution in [0, 0.1) is 0 Å². The monoisotopic (exact) mass is 340 g/mol. The second-order valence-electron chi connectivity index (χ2n) is 4.64. The molecule has 1 unspecified atom stereocenters. The Morgan fingerprint density at radius 2 is 1.82 bits per heavy atom. The van der Waals surface area contributed by atoms with Crippen molar-refractivity contribution < 1.29 is 9.59 Å². The first-order chi connectivity index (χ1) is 10.4. The third kappa shape index (κ3) is 4.90. The molecule has 1 aromatic carbocycles. The van der Waals surface area contributed by atoms with Crippen LogP contribution in [0.15, 0.2) is 43.5 Å². The van der Waals surface area contributed by atoms with E-state index in [1.807, 2.05) is 0 Å². The molecule has 0 fully saturated rings. The number of benzene rings is 1. The van der Waals surface area contributed by atoms with Crippen molar-refractivity contribution >= 4 is 35.0 Å². The topological polar surface area (TPSA) is 49.4 Å². The van der Waals surface area contributed by atoms with Gasteiger partial charge in [-0.2, -0.15) is 0 Å². The molecule has 22 heavy (non-hydrogen) atoms. The minimum absolute atomic E-state index is 0.215. The first-order valence-corrected chi connectivity index (χ1v) is 7.42. The van der Waals surface area contributed by atoms with Crippen LogP contribution in [0.2, 0.25) is 10.0 Å². The summed E-state index contributed by atoms with van der Waals surface area (Å²) in [5.41, 5.74) is 0.341. The molecular weight excluding hydrogens is 323 g/mol. The van der Waals surface area contributed by atoms with Crippen LogP contribution in [0.25, 0.3) is 0 Å². The van der Waals surface area contributed by atoms with Gasteiger partial charge in [0.05, 0.1) is 10.0 Å². The second kappa shape index (κ2) is 8.61. The molecule has 0 saturated heterocycles. The first-order valence-electron chi connectivity index (χ1n) is 6.67. The highest BCUT2D eigenvalue weighted by molar-refractivity contribution is 6.42. The van der Waals surface area contributed by atoms with Gasteiger partial charge in [0.2, 0.25) is 5.91 Å². The third-order valence-corrected chi connectivity index (χ3v) is 3.65. The molecule has 4 nitrogen and oxygen atoms in total. The number of nitrogens with one attached hydrogen (secondary N) is 1. The van der Waals surface area contributed by atoms with Gasteiger partial charge in [0.1, 0.15) is 6.04 Å². The largest absolute Gasteiger partial charge is 0.341 e. The standard InChI is InChI=1S/C16H18Cl2N2O2/c1-4-8-20(9-5-2)16(22)11(3)19-15(21)12-6-7-13(17)14(18)10-12/h4-7,10-11H,1-2,8-9H2,3H3,(H,19,21). The van der Waals surface area contributed by atoms with Crippen LogP contribution in [0.1, 0.15) is 17.3 Å². The van der Waals surface area contributed by atoms with E-state index in [1.54, 1.807) is 30.0 Å². The normalized spacial score (nSPS) is 11.4. The number of amides is 2. The number of halogens is 2. The average molecular weight is 341 g/mol. The van der Waals surface area contributed by atoms with Gasteiger partial charge in [-0.3, -0.25) is 9.59 Å². The fourth-order valence-corrected chi connectivity index (χ4v) is 2.12. The second-order valence-corrected chi connectivity index (χ2v) is 5.46. The lowest BCUT2D eigenvalue weighted by Crippen LogP contribution is -2.47. The minimum atomic E-state index is -0.679. The van der Waals surface area contributed by atoms with E-state index in [0.29, 0.717) is 23.7 Å². The number of carbonyl (C=O) groups is 2. The van der Waals surface area contributed by atoms with Crippen molar-refractivity contribution in [3.8, 4) is 0 Å². The fourth-order valence-electron chi connectivity index (χ4n) is 1.82. The molecule has 1 rings (SSSR count). The van der Waals surface area contributed by atoms with Gasteiger partial charge in [-0.05, 0) is 25.1 Å². The highest BCUT2D eigenvalue weighted by Crippen LogP contribution is 2.22. The van der Waals surface area contributed by atoms with Crippen molar-refractivity contribution in [2.45, 2.75) is 13.0 Å². The molecule has 6 heteroatoms. The van der Waals surface area contributed by atoms with E-state index in [9.17, 15) is 9.59 Å². The van der Waals surface area contributed by atoms with Crippen LogP contribution in [0.5, 0.6) is 0 Å². The predicted molar refractivity (Wildman–Crippen MR) is 90.4 cm³/mol. The SMILES string of the molecule is C=CCN(CC=C)C(=O)C(C)NC(=O)c1ccc(Cl)c(Cl)c1. The van der Waals surface area contributed by atoms with Crippen LogP contribution < -0.4 is 5.32 Å². The zero-order valence-corrected chi connectivity index (χ0v) is 13.8. The van der Waals surface area contributed by atoms with Gasteiger partial charge in [-0.15, -0.1) is 13.2 Å². The molecule has 0 radical (unpaired) electrons. The van der Waals surface area contributed by atoms with Crippen molar-refractivity contribution in [1.82, 2.24) is 10.2 Å². The van der Waals surface area contributed by atoms with Gasteiger partial charge in [-0.1, -0.05) is 35.4 Å². The zero-order valence-electron chi connectivity index (χ0n) is 12.3. The summed E-state index contributed by atoms with van der Waals surface area (Å²) in [6, 6.07) is 3.86. The Morgan fingerprint density at radius 3 is 2.32 bits per heavy atom. The zero-order chi connectivity index (χ0) is 16.7. The van der Waals surface area contributed by atoms with Gasteiger partial charge >= 0.3 is 0 Å². The lowest BCUT2D eigenvalue weighted by Gasteiger charge is -2.23. The molecule has 0 saturated carbocycles. The van der Waals surface area contributed by atoms with Crippen molar-refractivity contribution in [3.63, 3.8) is 0 Å². The number of hydrogen-bond donors (Lipinski definition) is 1. The van der Waals surface area contributed by atoms with E-state index in [-0.39, 0.29) is 10.9 Å². The lowest BCUT2D eigenvalue weighted by molar-refractivity contribution is -0.131. The van der Waals surface area contributed by atoms with Crippen LogP contribution in [0.3, 0.4) is 0 Å². The average Bonchev–Trinajstić information content (AvgIpc) is 2.48. The summed E-state index contributed by atoms with van der Waals surface area (Å²) in [5, 5.41) is 3.29. The Bertz CT molecular complexity index is 578. The molecule has 1 N–H and O–H groups in total. The van der Waals surface area contributed by atoms with E-state index >= 15 is 0 Å². The number of nitrogens with zero attached hydrogens (tertiary/aromatic N) is 1. The number of hydrogen-bond acceptors (Lipinski definition) is 2. The minimum Gasteiger partial charge on any atom is -0.341 e. The van der Waals surface area contributed by atoms with Gasteiger partial charge in [0, 0.05) is 18.7 Å². The van der Waals surface area contributed by atoms with Crippen LogP contribution in [-0.4, -0.2) is 35.8 Å². The number of rotatable bonds is 7. The molecule has 0 aliphatic rings.